The Morgan fingerprint density at radius 2 is 1.60 bits per heavy atom. The van der Waals surface area contributed by atoms with Gasteiger partial charge in [0.1, 0.15) is 0 Å². The second kappa shape index (κ2) is 6.23. The molecule has 3 heteroatoms. The van der Waals surface area contributed by atoms with Gasteiger partial charge in [-0.15, -0.1) is 0 Å². The van der Waals surface area contributed by atoms with Crippen LogP contribution in [0.1, 0.15) is 0 Å². The first-order valence-corrected chi connectivity index (χ1v) is 8.36. The van der Waals surface area contributed by atoms with Gasteiger partial charge in [-0.1, -0.05) is 0 Å². The minimum absolute atomic E-state index is 0.221. The van der Waals surface area contributed by atoms with Gasteiger partial charge in [-0.3, -0.25) is 0 Å². The quantitative estimate of drug-likeness (QED) is 0.666. The van der Waals surface area contributed by atoms with Crippen molar-refractivity contribution in [2.24, 2.45) is 0 Å². The molecule has 20 heavy (non-hydrogen) atoms. The van der Waals surface area contributed by atoms with Crippen molar-refractivity contribution in [2.75, 3.05) is 0 Å². The van der Waals surface area contributed by atoms with Crippen molar-refractivity contribution in [1.29, 1.82) is 0 Å². The second-order valence-corrected chi connectivity index (χ2v) is 6.99. The van der Waals surface area contributed by atoms with Gasteiger partial charge in [-0.2, -0.15) is 0 Å². The Balaban J connectivity index is 2.06. The molecule has 0 amide bonds. The van der Waals surface area contributed by atoms with Crippen LogP contribution in [-0.4, -0.2) is 19.9 Å². The summed E-state index contributed by atoms with van der Waals surface area (Å²) in [6, 6.07) is 22.5. The molecular weight excluding hydrogens is 333 g/mol. The summed E-state index contributed by atoms with van der Waals surface area (Å²) in [6.45, 7) is 0. The van der Waals surface area contributed by atoms with Gasteiger partial charge >= 0.3 is 130 Å². The number of aromatic nitrogens is 1. The van der Waals surface area contributed by atoms with Gasteiger partial charge in [0.2, 0.25) is 0 Å². The van der Waals surface area contributed by atoms with Gasteiger partial charge in [-0.25, -0.2) is 0 Å². The summed E-state index contributed by atoms with van der Waals surface area (Å²) in [6.07, 6.45) is 1.80. The molecule has 2 aromatic carbocycles. The van der Waals surface area contributed by atoms with Gasteiger partial charge < -0.3 is 0 Å². The molecule has 3 rings (SSSR count). The van der Waals surface area contributed by atoms with E-state index in [0.29, 0.717) is 0 Å². The maximum absolute atomic E-state index is 6.40. The van der Waals surface area contributed by atoms with Crippen LogP contribution in [-0.2, 0) is 0 Å². The maximum atomic E-state index is 6.40. The molecule has 0 aliphatic carbocycles. The van der Waals surface area contributed by atoms with Crippen LogP contribution in [0.2, 0.25) is 5.02 Å². The Kier molecular flexibility index (Phi) is 4.17. The zero-order valence-corrected chi connectivity index (χ0v) is 13.1. The summed E-state index contributed by atoms with van der Waals surface area (Å²) in [5.74, 6) is 0. The fraction of sp³-hybridized carbons (Fsp3) is 0. The van der Waals surface area contributed by atoms with E-state index in [-0.39, 0.29) is 15.0 Å². The average molecular weight is 345 g/mol. The van der Waals surface area contributed by atoms with Gasteiger partial charge in [-0.05, 0) is 0 Å². The standard InChI is InChI=1S/C17H12ClNSe/c18-14-9-6-11-16(20-13-7-2-1-3-8-13)17(14)15-10-4-5-12-19-15/h1-12H. The summed E-state index contributed by atoms with van der Waals surface area (Å²) in [5, 5.41) is 0.763. The normalized spacial score (nSPS) is 10.4. The van der Waals surface area contributed by atoms with Crippen molar-refractivity contribution in [3.63, 3.8) is 0 Å². The molecular formula is C17H12ClNSe. The Bertz CT molecular complexity index is 699. The summed E-state index contributed by atoms with van der Waals surface area (Å²) < 4.78 is 2.59. The second-order valence-electron chi connectivity index (χ2n) is 4.24. The first kappa shape index (κ1) is 13.4. The third-order valence-corrected chi connectivity index (χ3v) is 5.42. The fourth-order valence-electron chi connectivity index (χ4n) is 1.96. The van der Waals surface area contributed by atoms with E-state index in [2.05, 4.69) is 35.3 Å². The molecule has 98 valence electrons. The molecule has 0 fully saturated rings. The van der Waals surface area contributed by atoms with E-state index in [0.717, 1.165) is 16.3 Å². The zero-order valence-electron chi connectivity index (χ0n) is 10.7. The van der Waals surface area contributed by atoms with Crippen LogP contribution in [0.5, 0.6) is 0 Å². The third kappa shape index (κ3) is 2.94. The SMILES string of the molecule is Clc1cccc([Se]c2ccccc2)c1-c1ccccn1. The van der Waals surface area contributed by atoms with E-state index in [1.807, 2.05) is 36.4 Å². The zero-order chi connectivity index (χ0) is 13.8. The first-order chi connectivity index (χ1) is 9.84. The molecule has 0 unspecified atom stereocenters. The predicted molar refractivity (Wildman–Crippen MR) is 86.1 cm³/mol. The molecule has 0 aliphatic heterocycles. The Morgan fingerprint density at radius 3 is 2.35 bits per heavy atom. The molecule has 1 heterocycles. The first-order valence-electron chi connectivity index (χ1n) is 6.27. The van der Waals surface area contributed by atoms with E-state index in [9.17, 15) is 0 Å². The summed E-state index contributed by atoms with van der Waals surface area (Å²) >= 11 is 6.62. The fourth-order valence-corrected chi connectivity index (χ4v) is 4.48. The Morgan fingerprint density at radius 1 is 0.800 bits per heavy atom. The molecule has 0 N–H and O–H groups in total. The van der Waals surface area contributed by atoms with Crippen molar-refractivity contribution in [2.45, 2.75) is 0 Å². The van der Waals surface area contributed by atoms with Gasteiger partial charge in [0.15, 0.2) is 0 Å². The van der Waals surface area contributed by atoms with Crippen LogP contribution in [0.15, 0.2) is 72.9 Å². The van der Waals surface area contributed by atoms with Crippen molar-refractivity contribution in [3.05, 3.63) is 77.9 Å². The molecule has 0 atom stereocenters. The Hall–Kier alpha value is -1.60. The summed E-state index contributed by atoms with van der Waals surface area (Å²) in [5.41, 5.74) is 1.99. The summed E-state index contributed by atoms with van der Waals surface area (Å²) in [4.78, 5) is 4.44. The van der Waals surface area contributed by atoms with Crippen LogP contribution in [0.25, 0.3) is 11.3 Å². The molecule has 0 aliphatic rings. The third-order valence-electron chi connectivity index (χ3n) is 2.87. The molecule has 0 bridgehead atoms. The number of halogens is 1. The van der Waals surface area contributed by atoms with Crippen molar-refractivity contribution in [1.82, 2.24) is 4.98 Å². The number of benzene rings is 2. The van der Waals surface area contributed by atoms with Crippen LogP contribution < -0.4 is 8.92 Å². The van der Waals surface area contributed by atoms with E-state index in [1.54, 1.807) is 6.20 Å². The topological polar surface area (TPSA) is 12.9 Å². The minimum atomic E-state index is 0.221. The molecule has 0 radical (unpaired) electrons. The molecule has 1 nitrogen and oxygen atoms in total. The van der Waals surface area contributed by atoms with E-state index in [1.165, 1.54) is 8.92 Å². The average Bonchev–Trinajstić information content (AvgIpc) is 2.49. The van der Waals surface area contributed by atoms with Gasteiger partial charge in [0.25, 0.3) is 0 Å². The van der Waals surface area contributed by atoms with Crippen LogP contribution >= 0.6 is 11.6 Å². The van der Waals surface area contributed by atoms with Crippen molar-refractivity contribution >= 4 is 35.5 Å². The van der Waals surface area contributed by atoms with Crippen LogP contribution in [0.4, 0.5) is 0 Å². The number of nitrogens with zero attached hydrogens (tertiary/aromatic N) is 1. The van der Waals surface area contributed by atoms with Crippen LogP contribution in [0.3, 0.4) is 0 Å². The van der Waals surface area contributed by atoms with E-state index in [4.69, 9.17) is 11.6 Å². The van der Waals surface area contributed by atoms with Crippen molar-refractivity contribution < 1.29 is 0 Å². The molecule has 1 aromatic heterocycles. The van der Waals surface area contributed by atoms with Gasteiger partial charge in [0.05, 0.1) is 0 Å². The molecule has 3 aromatic rings. The predicted octanol–water partition coefficient (Wildman–Crippen LogP) is 3.06. The van der Waals surface area contributed by atoms with Crippen molar-refractivity contribution in [3.8, 4) is 11.3 Å². The number of rotatable bonds is 3. The number of pyridine rings is 1. The number of hydrogen-bond donors (Lipinski definition) is 0. The molecule has 0 saturated heterocycles. The van der Waals surface area contributed by atoms with Crippen LogP contribution in [0, 0.1) is 0 Å². The summed E-state index contributed by atoms with van der Waals surface area (Å²) in [7, 11) is 0. The monoisotopic (exact) mass is 345 g/mol. The molecule has 0 spiro atoms. The van der Waals surface area contributed by atoms with Gasteiger partial charge in [0, 0.05) is 0 Å². The Labute approximate surface area is 129 Å². The van der Waals surface area contributed by atoms with E-state index < -0.39 is 0 Å². The molecule has 0 saturated carbocycles. The van der Waals surface area contributed by atoms with E-state index >= 15 is 0 Å². The number of hydrogen-bond acceptors (Lipinski definition) is 1.